The molecule has 19 heavy (non-hydrogen) atoms. The third kappa shape index (κ3) is 4.02. The van der Waals surface area contributed by atoms with Crippen molar-refractivity contribution in [1.29, 1.82) is 0 Å². The summed E-state index contributed by atoms with van der Waals surface area (Å²) in [6.45, 7) is 4.91. The SMILES string of the molecule is CCOC(=O)C(C(C)=O)C(=O)Cc1ccccc1C. The van der Waals surface area contributed by atoms with E-state index in [1.54, 1.807) is 6.92 Å². The van der Waals surface area contributed by atoms with Crippen LogP contribution in [-0.4, -0.2) is 24.1 Å². The van der Waals surface area contributed by atoms with Crippen molar-refractivity contribution in [3.05, 3.63) is 35.4 Å². The molecule has 0 heterocycles. The number of benzene rings is 1. The van der Waals surface area contributed by atoms with Gasteiger partial charge in [-0.25, -0.2) is 0 Å². The van der Waals surface area contributed by atoms with Crippen molar-refractivity contribution in [3.63, 3.8) is 0 Å². The van der Waals surface area contributed by atoms with E-state index in [0.717, 1.165) is 11.1 Å². The zero-order valence-corrected chi connectivity index (χ0v) is 11.4. The van der Waals surface area contributed by atoms with Gasteiger partial charge in [-0.1, -0.05) is 24.3 Å². The number of esters is 1. The molecule has 0 aliphatic carbocycles. The lowest BCUT2D eigenvalue weighted by atomic mass is 9.93. The molecular formula is C15H18O4. The van der Waals surface area contributed by atoms with Gasteiger partial charge in [0.25, 0.3) is 0 Å². The molecule has 0 spiro atoms. The van der Waals surface area contributed by atoms with E-state index in [1.807, 2.05) is 31.2 Å². The van der Waals surface area contributed by atoms with Crippen molar-refractivity contribution in [2.75, 3.05) is 6.61 Å². The Morgan fingerprint density at radius 1 is 1.21 bits per heavy atom. The van der Waals surface area contributed by atoms with Crippen LogP contribution in [0.2, 0.25) is 0 Å². The van der Waals surface area contributed by atoms with E-state index in [9.17, 15) is 14.4 Å². The van der Waals surface area contributed by atoms with Crippen molar-refractivity contribution in [2.24, 2.45) is 5.92 Å². The average molecular weight is 262 g/mol. The minimum Gasteiger partial charge on any atom is -0.465 e. The number of hydrogen-bond acceptors (Lipinski definition) is 4. The smallest absolute Gasteiger partial charge is 0.324 e. The summed E-state index contributed by atoms with van der Waals surface area (Å²) in [6.07, 6.45) is 0.0652. The Balaban J connectivity index is 2.87. The van der Waals surface area contributed by atoms with Gasteiger partial charge in [-0.15, -0.1) is 0 Å². The topological polar surface area (TPSA) is 60.4 Å². The Hall–Kier alpha value is -1.97. The summed E-state index contributed by atoms with van der Waals surface area (Å²) in [5.41, 5.74) is 1.78. The minimum absolute atomic E-state index is 0.0652. The van der Waals surface area contributed by atoms with Crippen LogP contribution in [-0.2, 0) is 25.5 Å². The van der Waals surface area contributed by atoms with E-state index in [4.69, 9.17) is 4.74 Å². The van der Waals surface area contributed by atoms with Crippen molar-refractivity contribution in [1.82, 2.24) is 0 Å². The number of carbonyl (C=O) groups excluding carboxylic acids is 3. The van der Waals surface area contributed by atoms with Gasteiger partial charge in [0.1, 0.15) is 0 Å². The van der Waals surface area contributed by atoms with Gasteiger partial charge in [0.2, 0.25) is 0 Å². The van der Waals surface area contributed by atoms with Gasteiger partial charge in [-0.05, 0) is 31.9 Å². The number of ketones is 2. The van der Waals surface area contributed by atoms with Crippen LogP contribution < -0.4 is 0 Å². The molecule has 0 aliphatic heterocycles. The normalized spacial score (nSPS) is 11.7. The van der Waals surface area contributed by atoms with Crippen LogP contribution in [0.5, 0.6) is 0 Å². The van der Waals surface area contributed by atoms with E-state index >= 15 is 0 Å². The zero-order valence-electron chi connectivity index (χ0n) is 11.4. The van der Waals surface area contributed by atoms with Gasteiger partial charge in [-0.3, -0.25) is 14.4 Å². The quantitative estimate of drug-likeness (QED) is 0.580. The first-order chi connectivity index (χ1) is 8.97. The molecule has 0 amide bonds. The van der Waals surface area contributed by atoms with Crippen LogP contribution >= 0.6 is 0 Å². The van der Waals surface area contributed by atoms with Crippen LogP contribution in [0.15, 0.2) is 24.3 Å². The third-order valence-electron chi connectivity index (χ3n) is 2.88. The Bertz CT molecular complexity index is 491. The third-order valence-corrected chi connectivity index (χ3v) is 2.88. The van der Waals surface area contributed by atoms with Crippen LogP contribution in [0.4, 0.5) is 0 Å². The number of carbonyl (C=O) groups is 3. The molecule has 1 unspecified atom stereocenters. The highest BCUT2D eigenvalue weighted by Crippen LogP contribution is 2.13. The second-order valence-corrected chi connectivity index (χ2v) is 4.37. The zero-order chi connectivity index (χ0) is 14.4. The maximum atomic E-state index is 12.1. The number of ether oxygens (including phenoxy) is 1. The molecule has 0 radical (unpaired) electrons. The van der Waals surface area contributed by atoms with E-state index in [1.165, 1.54) is 6.92 Å². The first-order valence-electron chi connectivity index (χ1n) is 6.21. The van der Waals surface area contributed by atoms with Gasteiger partial charge in [0.15, 0.2) is 17.5 Å². The highest BCUT2D eigenvalue weighted by molar-refractivity contribution is 6.17. The fourth-order valence-electron chi connectivity index (χ4n) is 1.85. The standard InChI is InChI=1S/C15H18O4/c1-4-19-15(18)14(11(3)16)13(17)9-12-8-6-5-7-10(12)2/h5-8,14H,4,9H2,1-3H3. The first-order valence-corrected chi connectivity index (χ1v) is 6.21. The Morgan fingerprint density at radius 3 is 2.37 bits per heavy atom. The summed E-state index contributed by atoms with van der Waals surface area (Å²) >= 11 is 0. The van der Waals surface area contributed by atoms with Crippen molar-refractivity contribution >= 4 is 17.5 Å². The molecule has 0 fully saturated rings. The molecule has 0 N–H and O–H groups in total. The lowest BCUT2D eigenvalue weighted by Gasteiger charge is -2.12. The van der Waals surface area contributed by atoms with Gasteiger partial charge in [0, 0.05) is 6.42 Å². The van der Waals surface area contributed by atoms with Crippen molar-refractivity contribution in [3.8, 4) is 0 Å². The number of Topliss-reactive ketones (excluding diaryl/α,β-unsaturated/α-hetero) is 2. The van der Waals surface area contributed by atoms with Crippen LogP contribution in [0.3, 0.4) is 0 Å². The molecule has 102 valence electrons. The number of hydrogen-bond donors (Lipinski definition) is 0. The molecule has 1 atom stereocenters. The lowest BCUT2D eigenvalue weighted by molar-refractivity contribution is -0.154. The monoisotopic (exact) mass is 262 g/mol. The molecule has 0 aromatic heterocycles. The lowest BCUT2D eigenvalue weighted by Crippen LogP contribution is -2.33. The molecule has 0 bridgehead atoms. The summed E-state index contributed by atoms with van der Waals surface area (Å²) in [6, 6.07) is 7.39. The van der Waals surface area contributed by atoms with E-state index in [2.05, 4.69) is 0 Å². The largest absolute Gasteiger partial charge is 0.465 e. The number of aryl methyl sites for hydroxylation is 1. The molecule has 0 saturated carbocycles. The summed E-state index contributed by atoms with van der Waals surface area (Å²) < 4.78 is 4.77. The Labute approximate surface area is 112 Å². The van der Waals surface area contributed by atoms with E-state index < -0.39 is 23.5 Å². The van der Waals surface area contributed by atoms with Crippen LogP contribution in [0.25, 0.3) is 0 Å². The summed E-state index contributed by atoms with van der Waals surface area (Å²) in [7, 11) is 0. The van der Waals surface area contributed by atoms with Crippen LogP contribution in [0, 0.1) is 12.8 Å². The predicted octanol–water partition coefficient (Wildman–Crippen LogP) is 1.87. The molecule has 4 heteroatoms. The molecule has 1 aromatic rings. The van der Waals surface area contributed by atoms with Crippen molar-refractivity contribution < 1.29 is 19.1 Å². The highest BCUT2D eigenvalue weighted by Gasteiger charge is 2.32. The average Bonchev–Trinajstić information content (AvgIpc) is 2.32. The van der Waals surface area contributed by atoms with E-state index in [-0.39, 0.29) is 13.0 Å². The molecule has 0 aliphatic rings. The summed E-state index contributed by atoms with van der Waals surface area (Å²) in [4.78, 5) is 35.2. The molecular weight excluding hydrogens is 244 g/mol. The van der Waals surface area contributed by atoms with Gasteiger partial charge in [0.05, 0.1) is 6.61 Å². The minimum atomic E-state index is -1.31. The Morgan fingerprint density at radius 2 is 1.84 bits per heavy atom. The molecule has 4 nitrogen and oxygen atoms in total. The second-order valence-electron chi connectivity index (χ2n) is 4.37. The van der Waals surface area contributed by atoms with Crippen molar-refractivity contribution in [2.45, 2.75) is 27.2 Å². The number of rotatable bonds is 6. The van der Waals surface area contributed by atoms with E-state index in [0.29, 0.717) is 0 Å². The summed E-state index contributed by atoms with van der Waals surface area (Å²) in [5, 5.41) is 0. The maximum absolute atomic E-state index is 12.1. The molecule has 1 aromatic carbocycles. The summed E-state index contributed by atoms with van der Waals surface area (Å²) in [5.74, 6) is -2.95. The molecule has 0 saturated heterocycles. The predicted molar refractivity (Wildman–Crippen MR) is 70.7 cm³/mol. The van der Waals surface area contributed by atoms with Gasteiger partial charge < -0.3 is 4.74 Å². The fraction of sp³-hybridized carbons (Fsp3) is 0.400. The second kappa shape index (κ2) is 6.83. The Kier molecular flexibility index (Phi) is 5.42. The first kappa shape index (κ1) is 15.1. The highest BCUT2D eigenvalue weighted by atomic mass is 16.5. The van der Waals surface area contributed by atoms with Gasteiger partial charge >= 0.3 is 5.97 Å². The maximum Gasteiger partial charge on any atom is 0.324 e. The van der Waals surface area contributed by atoms with Gasteiger partial charge in [-0.2, -0.15) is 0 Å². The van der Waals surface area contributed by atoms with Crippen LogP contribution in [0.1, 0.15) is 25.0 Å². The molecule has 1 rings (SSSR count). The fourth-order valence-corrected chi connectivity index (χ4v) is 1.85.